The molecular weight excluding hydrogens is 524 g/mol. The number of Topliss-reactive ketones (excluding diaryl/α,β-unsaturated/α-hetero) is 2. The highest BCUT2D eigenvalue weighted by Gasteiger charge is 2.51. The molecule has 8 nitrogen and oxygen atoms in total. The number of carboxylic acids is 1. The summed E-state index contributed by atoms with van der Waals surface area (Å²) in [5, 5.41) is 57.3. The minimum absolute atomic E-state index is 0.0706. The van der Waals surface area contributed by atoms with Gasteiger partial charge in [-0.25, -0.2) is 4.79 Å². The van der Waals surface area contributed by atoms with Crippen molar-refractivity contribution in [2.24, 2.45) is 0 Å². The molecule has 0 radical (unpaired) electrons. The third-order valence-corrected chi connectivity index (χ3v) is 7.61. The maximum Gasteiger partial charge on any atom is 0.335 e. The van der Waals surface area contributed by atoms with Crippen molar-refractivity contribution in [1.82, 2.24) is 0 Å². The maximum absolute atomic E-state index is 13.8. The average Bonchev–Trinajstić information content (AvgIpc) is 2.97. The van der Waals surface area contributed by atoms with E-state index < -0.39 is 40.1 Å². The summed E-state index contributed by atoms with van der Waals surface area (Å²) in [7, 11) is 0. The molecule has 0 saturated heterocycles. The Bertz CT molecular complexity index is 1960. The van der Waals surface area contributed by atoms with Gasteiger partial charge in [-0.1, -0.05) is 72.8 Å². The molecule has 0 bridgehead atoms. The molecule has 0 heterocycles. The van der Waals surface area contributed by atoms with Crippen LogP contribution in [0, 0.1) is 0 Å². The lowest BCUT2D eigenvalue weighted by molar-refractivity contribution is -0.134. The number of benzene rings is 4. The monoisotopic (exact) mass is 546 g/mol. The number of phenols is 2. The first-order valence-corrected chi connectivity index (χ1v) is 12.6. The fourth-order valence-electron chi connectivity index (χ4n) is 5.46. The molecule has 0 amide bonds. The van der Waals surface area contributed by atoms with E-state index in [1.165, 1.54) is 24.3 Å². The molecular formula is C33H22O8. The lowest BCUT2D eigenvalue weighted by atomic mass is 9.70. The van der Waals surface area contributed by atoms with E-state index in [-0.39, 0.29) is 28.0 Å². The van der Waals surface area contributed by atoms with Crippen LogP contribution < -0.4 is 0 Å². The molecule has 0 spiro atoms. The van der Waals surface area contributed by atoms with Crippen LogP contribution >= 0.6 is 0 Å². The van der Waals surface area contributed by atoms with Crippen molar-refractivity contribution in [3.8, 4) is 11.5 Å². The smallest absolute Gasteiger partial charge is 0.335 e. The molecule has 5 N–H and O–H groups in total. The van der Waals surface area contributed by atoms with Crippen LogP contribution in [0.25, 0.3) is 21.5 Å². The molecule has 2 unspecified atom stereocenters. The van der Waals surface area contributed by atoms with E-state index in [4.69, 9.17) is 0 Å². The minimum Gasteiger partial charge on any atom is -0.507 e. The van der Waals surface area contributed by atoms with E-state index in [2.05, 4.69) is 0 Å². The first-order chi connectivity index (χ1) is 19.6. The average molecular weight is 547 g/mol. The lowest BCUT2D eigenvalue weighted by Gasteiger charge is -2.36. The third kappa shape index (κ3) is 3.81. The second-order valence-electron chi connectivity index (χ2n) is 9.96. The number of aliphatic carboxylic acids is 1. The van der Waals surface area contributed by atoms with Gasteiger partial charge in [0.15, 0.2) is 11.2 Å². The second-order valence-corrected chi connectivity index (χ2v) is 9.96. The van der Waals surface area contributed by atoms with Crippen molar-refractivity contribution in [1.29, 1.82) is 0 Å². The Morgan fingerprint density at radius 1 is 0.659 bits per heavy atom. The Balaban J connectivity index is 1.51. The highest BCUT2D eigenvalue weighted by Crippen LogP contribution is 2.44. The van der Waals surface area contributed by atoms with Gasteiger partial charge in [-0.3, -0.25) is 9.59 Å². The summed E-state index contributed by atoms with van der Waals surface area (Å²) in [6.45, 7) is 0. The first-order valence-electron chi connectivity index (χ1n) is 12.6. The van der Waals surface area contributed by atoms with Crippen molar-refractivity contribution in [2.75, 3.05) is 0 Å². The molecule has 202 valence electrons. The van der Waals surface area contributed by atoms with Crippen molar-refractivity contribution in [3.63, 3.8) is 0 Å². The summed E-state index contributed by atoms with van der Waals surface area (Å²) in [4.78, 5) is 39.9. The van der Waals surface area contributed by atoms with Gasteiger partial charge in [0, 0.05) is 16.3 Å². The van der Waals surface area contributed by atoms with Gasteiger partial charge >= 0.3 is 5.97 Å². The number of aliphatic hydroxyl groups is 2. The molecule has 0 aromatic heterocycles. The number of ketones is 2. The second kappa shape index (κ2) is 9.12. The van der Waals surface area contributed by atoms with Crippen LogP contribution in [0.3, 0.4) is 0 Å². The number of phenolic OH excluding ortho intramolecular Hbond substituents is 2. The van der Waals surface area contributed by atoms with Gasteiger partial charge in [0.05, 0.1) is 16.7 Å². The number of hydrogen-bond acceptors (Lipinski definition) is 7. The Morgan fingerprint density at radius 3 is 1.71 bits per heavy atom. The number of allylic oxidation sites excluding steroid dienone is 3. The largest absolute Gasteiger partial charge is 0.507 e. The quantitative estimate of drug-likeness (QED) is 0.231. The van der Waals surface area contributed by atoms with Gasteiger partial charge in [0.25, 0.3) is 0 Å². The number of carbonyl (C=O) groups excluding carboxylic acids is 2. The van der Waals surface area contributed by atoms with Gasteiger partial charge in [0.2, 0.25) is 11.6 Å². The highest BCUT2D eigenvalue weighted by molar-refractivity contribution is 6.17. The van der Waals surface area contributed by atoms with Gasteiger partial charge < -0.3 is 25.5 Å². The molecule has 6 rings (SSSR count). The van der Waals surface area contributed by atoms with E-state index >= 15 is 0 Å². The molecule has 2 atom stereocenters. The van der Waals surface area contributed by atoms with Crippen molar-refractivity contribution in [3.05, 3.63) is 131 Å². The molecule has 0 saturated carbocycles. The van der Waals surface area contributed by atoms with E-state index in [9.17, 15) is 39.9 Å². The fraction of sp³-hybridized carbons (Fsp3) is 0.0606. The Kier molecular flexibility index (Phi) is 5.77. The summed E-state index contributed by atoms with van der Waals surface area (Å²) in [5.74, 6) is -4.56. The van der Waals surface area contributed by atoms with Gasteiger partial charge in [-0.2, -0.15) is 0 Å². The summed E-state index contributed by atoms with van der Waals surface area (Å²) < 4.78 is 0. The Morgan fingerprint density at radius 2 is 1.17 bits per heavy atom. The molecule has 0 aliphatic heterocycles. The van der Waals surface area contributed by atoms with Gasteiger partial charge in [-0.15, -0.1) is 0 Å². The standard InChI is InChI=1S/C33H22O8/c34-27-21-9-3-1-6-18(21)11-13-23(27)29(36)32(40)15-5-8-20-16-25(31(38)39)33(41,17-26(20)32)30(37)24-14-12-19-7-2-4-10-22(19)28(24)35/h1-17,34-35,40-41H,(H,38,39). The molecule has 2 aliphatic carbocycles. The molecule has 0 fully saturated rings. The number of hydrogen-bond donors (Lipinski definition) is 5. The number of carboxylic acid groups (broad SMARTS) is 1. The van der Waals surface area contributed by atoms with E-state index in [0.29, 0.717) is 21.5 Å². The summed E-state index contributed by atoms with van der Waals surface area (Å²) in [5.41, 5.74) is -6.83. The Hall–Kier alpha value is -5.31. The van der Waals surface area contributed by atoms with Crippen molar-refractivity contribution in [2.45, 2.75) is 11.2 Å². The predicted octanol–water partition coefficient (Wildman–Crippen LogP) is 4.38. The topological polar surface area (TPSA) is 152 Å². The zero-order valence-electron chi connectivity index (χ0n) is 21.3. The number of rotatable bonds is 5. The summed E-state index contributed by atoms with van der Waals surface area (Å²) in [6.07, 6.45) is 5.75. The SMILES string of the molecule is O=C(O)C1=CC2=CC=CC(O)(C(=O)c3ccc4ccccc4c3O)C2=CC1(O)C(=O)c1ccc2ccccc2c1O. The minimum atomic E-state index is -2.87. The molecule has 4 aromatic carbocycles. The highest BCUT2D eigenvalue weighted by atomic mass is 16.4. The summed E-state index contributed by atoms with van der Waals surface area (Å²) >= 11 is 0. The van der Waals surface area contributed by atoms with Gasteiger partial charge in [0.1, 0.15) is 11.5 Å². The molecule has 4 aromatic rings. The molecule has 2 aliphatic rings. The molecule has 41 heavy (non-hydrogen) atoms. The first kappa shape index (κ1) is 25.9. The number of carbonyl (C=O) groups is 3. The zero-order chi connectivity index (χ0) is 29.1. The van der Waals surface area contributed by atoms with Crippen LogP contribution in [-0.2, 0) is 4.79 Å². The predicted molar refractivity (Wildman–Crippen MR) is 151 cm³/mol. The Labute approximate surface area is 232 Å². The van der Waals surface area contributed by atoms with Crippen LogP contribution in [0.1, 0.15) is 20.7 Å². The van der Waals surface area contributed by atoms with Crippen LogP contribution in [0.5, 0.6) is 11.5 Å². The van der Waals surface area contributed by atoms with Crippen molar-refractivity contribution < 1.29 is 39.9 Å². The fourth-order valence-corrected chi connectivity index (χ4v) is 5.46. The van der Waals surface area contributed by atoms with Crippen molar-refractivity contribution >= 4 is 39.1 Å². The van der Waals surface area contributed by atoms with E-state index in [0.717, 1.165) is 18.2 Å². The maximum atomic E-state index is 13.8. The van der Waals surface area contributed by atoms with Crippen LogP contribution in [0.2, 0.25) is 0 Å². The van der Waals surface area contributed by atoms with Crippen LogP contribution in [0.15, 0.2) is 120 Å². The summed E-state index contributed by atoms with van der Waals surface area (Å²) in [6, 6.07) is 19.3. The van der Waals surface area contributed by atoms with Crippen LogP contribution in [0.4, 0.5) is 0 Å². The lowest BCUT2D eigenvalue weighted by Crippen LogP contribution is -2.48. The third-order valence-electron chi connectivity index (χ3n) is 7.61. The zero-order valence-corrected chi connectivity index (χ0v) is 21.3. The van der Waals surface area contributed by atoms with Crippen LogP contribution in [-0.4, -0.2) is 54.3 Å². The van der Waals surface area contributed by atoms with E-state index in [1.54, 1.807) is 60.7 Å². The number of fused-ring (bicyclic) bond motifs is 3. The normalized spacial score (nSPS) is 21.6. The number of aromatic hydroxyl groups is 2. The molecule has 8 heteroatoms. The van der Waals surface area contributed by atoms with E-state index in [1.807, 2.05) is 0 Å². The van der Waals surface area contributed by atoms with Gasteiger partial charge in [-0.05, 0) is 46.7 Å².